The van der Waals surface area contributed by atoms with E-state index in [9.17, 15) is 4.79 Å². The van der Waals surface area contributed by atoms with Crippen LogP contribution in [0.1, 0.15) is 27.5 Å². The third kappa shape index (κ3) is 3.07. The lowest BCUT2D eigenvalue weighted by Gasteiger charge is -2.02. The van der Waals surface area contributed by atoms with Gasteiger partial charge in [0.15, 0.2) is 0 Å². The molecule has 0 radical (unpaired) electrons. The second-order valence-electron chi connectivity index (χ2n) is 3.94. The summed E-state index contributed by atoms with van der Waals surface area (Å²) in [5.74, 6) is 0.0969. The Morgan fingerprint density at radius 1 is 1.61 bits per heavy atom. The number of carbonyl (C=O) groups is 1. The molecular weight excluding hydrogens is 250 g/mol. The molecule has 0 saturated carbocycles. The summed E-state index contributed by atoms with van der Waals surface area (Å²) in [6, 6.07) is 0. The zero-order valence-corrected chi connectivity index (χ0v) is 10.9. The van der Waals surface area contributed by atoms with Crippen LogP contribution < -0.4 is 11.1 Å². The summed E-state index contributed by atoms with van der Waals surface area (Å²) in [5.41, 5.74) is 6.99. The van der Waals surface area contributed by atoms with Gasteiger partial charge in [-0.1, -0.05) is 0 Å². The Kier molecular flexibility index (Phi) is 3.93. The molecule has 4 N–H and O–H groups in total. The average molecular weight is 265 g/mol. The van der Waals surface area contributed by atoms with Crippen LogP contribution in [-0.4, -0.2) is 27.6 Å². The van der Waals surface area contributed by atoms with Crippen molar-refractivity contribution in [2.45, 2.75) is 19.8 Å². The lowest BCUT2D eigenvalue weighted by atomic mass is 10.3. The molecule has 2 heterocycles. The SMILES string of the molecule is Cc1csc(CCCNC(=O)c2cn[nH]c2N)n1. The second-order valence-corrected chi connectivity index (χ2v) is 4.88. The molecule has 0 spiro atoms. The Balaban J connectivity index is 1.73. The zero-order chi connectivity index (χ0) is 13.0. The molecule has 0 aliphatic heterocycles. The van der Waals surface area contributed by atoms with Gasteiger partial charge in [0.05, 0.1) is 11.2 Å². The molecule has 0 aromatic carbocycles. The normalized spacial score (nSPS) is 10.5. The number of aromatic amines is 1. The summed E-state index contributed by atoms with van der Waals surface area (Å²) >= 11 is 1.65. The summed E-state index contributed by atoms with van der Waals surface area (Å²) in [6.45, 7) is 2.57. The number of H-pyrrole nitrogens is 1. The van der Waals surface area contributed by atoms with E-state index in [-0.39, 0.29) is 5.91 Å². The van der Waals surface area contributed by atoms with E-state index >= 15 is 0 Å². The van der Waals surface area contributed by atoms with Crippen LogP contribution in [0.4, 0.5) is 5.82 Å². The topological polar surface area (TPSA) is 96.7 Å². The van der Waals surface area contributed by atoms with E-state index in [1.165, 1.54) is 6.20 Å². The number of nitrogens with two attached hydrogens (primary N) is 1. The van der Waals surface area contributed by atoms with Gasteiger partial charge in [0.1, 0.15) is 11.4 Å². The molecule has 2 aromatic rings. The van der Waals surface area contributed by atoms with Crippen molar-refractivity contribution in [3.63, 3.8) is 0 Å². The summed E-state index contributed by atoms with van der Waals surface area (Å²) in [5, 5.41) is 12.2. The number of rotatable bonds is 5. The zero-order valence-electron chi connectivity index (χ0n) is 10.1. The highest BCUT2D eigenvalue weighted by atomic mass is 32.1. The van der Waals surface area contributed by atoms with Crippen LogP contribution in [0.3, 0.4) is 0 Å². The highest BCUT2D eigenvalue weighted by Gasteiger charge is 2.10. The minimum absolute atomic E-state index is 0.198. The third-order valence-corrected chi connectivity index (χ3v) is 3.46. The summed E-state index contributed by atoms with van der Waals surface area (Å²) < 4.78 is 0. The predicted molar refractivity (Wildman–Crippen MR) is 70.5 cm³/mol. The fraction of sp³-hybridized carbons (Fsp3) is 0.364. The molecule has 2 rings (SSSR count). The Morgan fingerprint density at radius 3 is 3.06 bits per heavy atom. The van der Waals surface area contributed by atoms with Crippen LogP contribution in [-0.2, 0) is 6.42 Å². The van der Waals surface area contributed by atoms with Gasteiger partial charge in [-0.05, 0) is 13.3 Å². The van der Waals surface area contributed by atoms with Gasteiger partial charge >= 0.3 is 0 Å². The number of aromatic nitrogens is 3. The largest absolute Gasteiger partial charge is 0.383 e. The number of aryl methyl sites for hydroxylation is 2. The van der Waals surface area contributed by atoms with Crippen LogP contribution in [0.5, 0.6) is 0 Å². The Labute approximate surface area is 109 Å². The maximum atomic E-state index is 11.7. The molecule has 18 heavy (non-hydrogen) atoms. The van der Waals surface area contributed by atoms with Gasteiger partial charge in [-0.25, -0.2) is 4.98 Å². The van der Waals surface area contributed by atoms with Crippen LogP contribution in [0, 0.1) is 6.92 Å². The molecule has 0 atom stereocenters. The predicted octanol–water partition coefficient (Wildman–Crippen LogP) is 1.12. The monoisotopic (exact) mass is 265 g/mol. The van der Waals surface area contributed by atoms with Gasteiger partial charge in [-0.15, -0.1) is 11.3 Å². The van der Waals surface area contributed by atoms with Crippen molar-refractivity contribution in [1.82, 2.24) is 20.5 Å². The van der Waals surface area contributed by atoms with Gasteiger partial charge < -0.3 is 11.1 Å². The number of carbonyl (C=O) groups excluding carboxylic acids is 1. The van der Waals surface area contributed by atoms with Gasteiger partial charge in [0.25, 0.3) is 5.91 Å². The first-order chi connectivity index (χ1) is 8.66. The van der Waals surface area contributed by atoms with Crippen molar-refractivity contribution in [3.8, 4) is 0 Å². The van der Waals surface area contributed by atoms with E-state index in [0.29, 0.717) is 17.9 Å². The number of nitrogen functional groups attached to an aromatic ring is 1. The Bertz CT molecular complexity index is 533. The van der Waals surface area contributed by atoms with Gasteiger partial charge in [-0.3, -0.25) is 9.89 Å². The number of hydrogen-bond acceptors (Lipinski definition) is 5. The minimum Gasteiger partial charge on any atom is -0.383 e. The van der Waals surface area contributed by atoms with Gasteiger partial charge in [0, 0.05) is 24.0 Å². The van der Waals surface area contributed by atoms with Crippen LogP contribution in [0.2, 0.25) is 0 Å². The highest BCUT2D eigenvalue weighted by molar-refractivity contribution is 7.09. The number of thiazole rings is 1. The van der Waals surface area contributed by atoms with Crippen molar-refractivity contribution in [2.75, 3.05) is 12.3 Å². The fourth-order valence-corrected chi connectivity index (χ4v) is 2.35. The van der Waals surface area contributed by atoms with Crippen molar-refractivity contribution in [1.29, 1.82) is 0 Å². The molecule has 1 amide bonds. The maximum Gasteiger partial charge on any atom is 0.256 e. The Morgan fingerprint density at radius 2 is 2.44 bits per heavy atom. The van der Waals surface area contributed by atoms with Crippen LogP contribution in [0.25, 0.3) is 0 Å². The lowest BCUT2D eigenvalue weighted by Crippen LogP contribution is -2.25. The van der Waals surface area contributed by atoms with E-state index < -0.39 is 0 Å². The number of anilines is 1. The van der Waals surface area contributed by atoms with Crippen LogP contribution >= 0.6 is 11.3 Å². The van der Waals surface area contributed by atoms with Crippen LogP contribution in [0.15, 0.2) is 11.6 Å². The quantitative estimate of drug-likeness (QED) is 0.706. The van der Waals surface area contributed by atoms with E-state index in [4.69, 9.17) is 5.73 Å². The molecule has 7 heteroatoms. The van der Waals surface area contributed by atoms with Gasteiger partial charge in [0.2, 0.25) is 0 Å². The Hall–Kier alpha value is -1.89. The van der Waals surface area contributed by atoms with Crippen molar-refractivity contribution in [2.24, 2.45) is 0 Å². The second kappa shape index (κ2) is 5.63. The smallest absolute Gasteiger partial charge is 0.256 e. The van der Waals surface area contributed by atoms with E-state index in [1.54, 1.807) is 11.3 Å². The molecule has 0 aliphatic rings. The molecule has 0 unspecified atom stereocenters. The van der Waals surface area contributed by atoms with Gasteiger partial charge in [-0.2, -0.15) is 5.10 Å². The third-order valence-electron chi connectivity index (χ3n) is 2.43. The average Bonchev–Trinajstić information content (AvgIpc) is 2.93. The molecule has 0 saturated heterocycles. The highest BCUT2D eigenvalue weighted by Crippen LogP contribution is 2.10. The molecule has 6 nitrogen and oxygen atoms in total. The standard InChI is InChI=1S/C11H15N5OS/c1-7-6-18-9(15-7)3-2-4-13-11(17)8-5-14-16-10(8)12/h5-6H,2-4H2,1H3,(H,13,17)(H3,12,14,16). The molecule has 0 bridgehead atoms. The number of hydrogen-bond donors (Lipinski definition) is 3. The van der Waals surface area contributed by atoms with Crippen molar-refractivity contribution >= 4 is 23.1 Å². The summed E-state index contributed by atoms with van der Waals surface area (Å²) in [7, 11) is 0. The van der Waals surface area contributed by atoms with E-state index in [1.807, 2.05) is 12.3 Å². The molecule has 2 aromatic heterocycles. The fourth-order valence-electron chi connectivity index (χ4n) is 1.53. The van der Waals surface area contributed by atoms with E-state index in [2.05, 4.69) is 20.5 Å². The number of nitrogens with zero attached hydrogens (tertiary/aromatic N) is 2. The maximum absolute atomic E-state index is 11.7. The first-order valence-corrected chi connectivity index (χ1v) is 6.53. The number of nitrogens with one attached hydrogen (secondary N) is 2. The van der Waals surface area contributed by atoms with Crippen molar-refractivity contribution < 1.29 is 4.79 Å². The lowest BCUT2D eigenvalue weighted by molar-refractivity contribution is 0.0954. The first-order valence-electron chi connectivity index (χ1n) is 5.65. The first kappa shape index (κ1) is 12.6. The van der Waals surface area contributed by atoms with Crippen molar-refractivity contribution in [3.05, 3.63) is 27.8 Å². The molecule has 0 aliphatic carbocycles. The molecular formula is C11H15N5OS. The molecule has 0 fully saturated rings. The van der Waals surface area contributed by atoms with E-state index in [0.717, 1.165) is 23.5 Å². The summed E-state index contributed by atoms with van der Waals surface area (Å²) in [4.78, 5) is 16.0. The minimum atomic E-state index is -0.198. The summed E-state index contributed by atoms with van der Waals surface area (Å²) in [6.07, 6.45) is 3.16. The number of amides is 1. The molecule has 96 valence electrons.